The Bertz CT molecular complexity index is 350. The van der Waals surface area contributed by atoms with Gasteiger partial charge in [-0.1, -0.05) is 35.8 Å². The van der Waals surface area contributed by atoms with E-state index in [2.05, 4.69) is 79.8 Å². The van der Waals surface area contributed by atoms with Crippen LogP contribution in [0.2, 0.25) is 0 Å². The van der Waals surface area contributed by atoms with E-state index in [4.69, 9.17) is 0 Å². The van der Waals surface area contributed by atoms with Crippen LogP contribution in [0.5, 0.6) is 0 Å². The predicted molar refractivity (Wildman–Crippen MR) is 74.1 cm³/mol. The van der Waals surface area contributed by atoms with Crippen molar-refractivity contribution in [2.45, 2.75) is 19.8 Å². The molecule has 0 atom stereocenters. The molecule has 0 saturated carbocycles. The highest BCUT2D eigenvalue weighted by atomic mass is 79.9. The van der Waals surface area contributed by atoms with Crippen molar-refractivity contribution in [1.82, 2.24) is 0 Å². The molecule has 0 aliphatic carbocycles. The molecule has 0 aromatic heterocycles. The molecule has 0 fully saturated rings. The minimum Gasteiger partial charge on any atom is -0.0587 e. The summed E-state index contributed by atoms with van der Waals surface area (Å²) in [6.07, 6.45) is 2.04. The van der Waals surface area contributed by atoms with E-state index < -0.39 is 0 Å². The minimum absolute atomic E-state index is 0.550. The molecule has 3 heteroatoms. The second-order valence-electron chi connectivity index (χ2n) is 3.41. The first-order chi connectivity index (χ1) is 6.49. The SMILES string of the molecule is CC(C)c1cc(Br)cc(C=C(Br)Br)c1. The number of halogens is 3. The lowest BCUT2D eigenvalue weighted by molar-refractivity contribution is 0.865. The third-order valence-electron chi connectivity index (χ3n) is 1.88. The maximum Gasteiger partial charge on any atom is 0.0610 e. The summed E-state index contributed by atoms with van der Waals surface area (Å²) in [7, 11) is 0. The van der Waals surface area contributed by atoms with E-state index in [9.17, 15) is 0 Å². The zero-order valence-electron chi connectivity index (χ0n) is 8.02. The van der Waals surface area contributed by atoms with E-state index in [0.29, 0.717) is 5.92 Å². The Morgan fingerprint density at radius 1 is 1.21 bits per heavy atom. The molecule has 0 saturated heterocycles. The summed E-state index contributed by atoms with van der Waals surface area (Å²) in [6.45, 7) is 4.39. The van der Waals surface area contributed by atoms with Gasteiger partial charge in [0.15, 0.2) is 0 Å². The van der Waals surface area contributed by atoms with Crippen LogP contribution in [-0.2, 0) is 0 Å². The van der Waals surface area contributed by atoms with Gasteiger partial charge in [0.25, 0.3) is 0 Å². The maximum absolute atomic E-state index is 3.51. The van der Waals surface area contributed by atoms with Gasteiger partial charge in [0.05, 0.1) is 3.39 Å². The lowest BCUT2D eigenvalue weighted by Crippen LogP contribution is -1.88. The standard InChI is InChI=1S/C11H11Br3/c1-7(2)9-3-8(5-11(13)14)4-10(12)6-9/h3-7H,1-2H3. The first-order valence-corrected chi connectivity index (χ1v) is 6.70. The summed E-state index contributed by atoms with van der Waals surface area (Å²) in [6, 6.07) is 6.44. The lowest BCUT2D eigenvalue weighted by Gasteiger charge is -2.07. The fraction of sp³-hybridized carbons (Fsp3) is 0.273. The number of hydrogen-bond acceptors (Lipinski definition) is 0. The Labute approximate surface area is 110 Å². The molecule has 1 rings (SSSR count). The van der Waals surface area contributed by atoms with Gasteiger partial charge in [-0.05, 0) is 67.1 Å². The smallest absolute Gasteiger partial charge is 0.0587 e. The van der Waals surface area contributed by atoms with Crippen molar-refractivity contribution in [3.63, 3.8) is 0 Å². The van der Waals surface area contributed by atoms with Crippen LogP contribution in [0, 0.1) is 0 Å². The topological polar surface area (TPSA) is 0 Å². The molecule has 0 unspecified atom stereocenters. The molecule has 0 heterocycles. The van der Waals surface area contributed by atoms with Gasteiger partial charge in [0.2, 0.25) is 0 Å². The molecule has 0 bridgehead atoms. The van der Waals surface area contributed by atoms with Gasteiger partial charge in [-0.2, -0.15) is 0 Å². The summed E-state index contributed by atoms with van der Waals surface area (Å²) in [5.74, 6) is 0.550. The largest absolute Gasteiger partial charge is 0.0610 e. The van der Waals surface area contributed by atoms with E-state index in [1.54, 1.807) is 0 Å². The second kappa shape index (κ2) is 5.47. The third-order valence-corrected chi connectivity index (χ3v) is 2.80. The Balaban J connectivity index is 3.14. The molecule has 0 N–H and O–H groups in total. The van der Waals surface area contributed by atoms with Gasteiger partial charge >= 0.3 is 0 Å². The van der Waals surface area contributed by atoms with Gasteiger partial charge < -0.3 is 0 Å². The second-order valence-corrected chi connectivity index (χ2v) is 7.10. The zero-order chi connectivity index (χ0) is 10.7. The first-order valence-electron chi connectivity index (χ1n) is 4.32. The van der Waals surface area contributed by atoms with E-state index >= 15 is 0 Å². The summed E-state index contributed by atoms with van der Waals surface area (Å²) < 4.78 is 2.08. The van der Waals surface area contributed by atoms with Crippen LogP contribution in [-0.4, -0.2) is 0 Å². The third kappa shape index (κ3) is 3.87. The highest BCUT2D eigenvalue weighted by Crippen LogP contribution is 2.25. The van der Waals surface area contributed by atoms with Crippen molar-refractivity contribution in [3.8, 4) is 0 Å². The lowest BCUT2D eigenvalue weighted by atomic mass is 10.0. The van der Waals surface area contributed by atoms with Crippen molar-refractivity contribution in [2.75, 3.05) is 0 Å². The Morgan fingerprint density at radius 3 is 2.36 bits per heavy atom. The van der Waals surface area contributed by atoms with Crippen LogP contribution in [0.3, 0.4) is 0 Å². The monoisotopic (exact) mass is 380 g/mol. The van der Waals surface area contributed by atoms with Crippen molar-refractivity contribution >= 4 is 53.9 Å². The summed E-state index contributed by atoms with van der Waals surface area (Å²) in [5, 5.41) is 0. The van der Waals surface area contributed by atoms with Crippen molar-refractivity contribution in [3.05, 3.63) is 37.2 Å². The van der Waals surface area contributed by atoms with Crippen molar-refractivity contribution < 1.29 is 0 Å². The molecular formula is C11H11Br3. The van der Waals surface area contributed by atoms with E-state index in [-0.39, 0.29) is 0 Å². The Morgan fingerprint density at radius 2 is 1.86 bits per heavy atom. The Kier molecular flexibility index (Phi) is 4.88. The summed E-state index contributed by atoms with van der Waals surface area (Å²) in [4.78, 5) is 0. The molecular weight excluding hydrogens is 372 g/mol. The predicted octanol–water partition coefficient (Wildman–Crippen LogP) is 5.66. The van der Waals surface area contributed by atoms with Crippen LogP contribution in [0.1, 0.15) is 30.9 Å². The van der Waals surface area contributed by atoms with Gasteiger partial charge in [-0.15, -0.1) is 0 Å². The fourth-order valence-electron chi connectivity index (χ4n) is 1.18. The first kappa shape index (κ1) is 12.5. The van der Waals surface area contributed by atoms with E-state index in [1.807, 2.05) is 6.08 Å². The minimum atomic E-state index is 0.550. The van der Waals surface area contributed by atoms with E-state index in [1.165, 1.54) is 11.1 Å². The molecule has 0 aliphatic rings. The summed E-state index contributed by atoms with van der Waals surface area (Å²) >= 11 is 10.2. The zero-order valence-corrected chi connectivity index (χ0v) is 12.8. The summed E-state index contributed by atoms with van der Waals surface area (Å²) in [5.41, 5.74) is 2.53. The van der Waals surface area contributed by atoms with E-state index in [0.717, 1.165) is 7.86 Å². The van der Waals surface area contributed by atoms with Gasteiger partial charge in [-0.25, -0.2) is 0 Å². The average molecular weight is 383 g/mol. The molecule has 0 radical (unpaired) electrons. The molecule has 0 aliphatic heterocycles. The normalized spacial score (nSPS) is 10.4. The number of benzene rings is 1. The molecule has 0 nitrogen and oxygen atoms in total. The highest BCUT2D eigenvalue weighted by Gasteiger charge is 2.02. The van der Waals surface area contributed by atoms with Crippen molar-refractivity contribution in [1.29, 1.82) is 0 Å². The quantitative estimate of drug-likeness (QED) is 0.619. The number of hydrogen-bond donors (Lipinski definition) is 0. The van der Waals surface area contributed by atoms with Gasteiger partial charge in [0, 0.05) is 4.47 Å². The van der Waals surface area contributed by atoms with Gasteiger partial charge in [-0.3, -0.25) is 0 Å². The average Bonchev–Trinajstić information content (AvgIpc) is 2.01. The fourth-order valence-corrected chi connectivity index (χ4v) is 2.24. The molecule has 1 aromatic rings. The van der Waals surface area contributed by atoms with Crippen LogP contribution in [0.4, 0.5) is 0 Å². The van der Waals surface area contributed by atoms with Crippen LogP contribution < -0.4 is 0 Å². The maximum atomic E-state index is 3.51. The molecule has 0 amide bonds. The number of rotatable bonds is 2. The Hall–Kier alpha value is 0.400. The van der Waals surface area contributed by atoms with Crippen LogP contribution in [0.15, 0.2) is 26.1 Å². The van der Waals surface area contributed by atoms with Gasteiger partial charge in [0.1, 0.15) is 0 Å². The molecule has 1 aromatic carbocycles. The van der Waals surface area contributed by atoms with Crippen molar-refractivity contribution in [2.24, 2.45) is 0 Å². The highest BCUT2D eigenvalue weighted by molar-refractivity contribution is 9.28. The van der Waals surface area contributed by atoms with Crippen LogP contribution >= 0.6 is 47.8 Å². The molecule has 76 valence electrons. The molecule has 0 spiro atoms. The molecule has 14 heavy (non-hydrogen) atoms. The van der Waals surface area contributed by atoms with Crippen LogP contribution in [0.25, 0.3) is 6.08 Å².